The minimum atomic E-state index is -1.71. The van der Waals surface area contributed by atoms with Crippen molar-refractivity contribution < 1.29 is 73.8 Å². The Balaban J connectivity index is 1.88. The SMILES string of the molecule is CC(=O)N[C@H]1[C@H](OC2[C@@H](CO)O[C@@H](OC3[C@@H](CO)OC(O)[C@H](NC(C)=O)[C@H]3O)[C@H](NC(C)=O)[C@H]2O)O[C@@H](CO)C[C@H]1O. The van der Waals surface area contributed by atoms with Crippen molar-refractivity contribution >= 4 is 17.7 Å². The molecule has 18 heteroatoms. The second-order valence-corrected chi connectivity index (χ2v) is 10.4. The van der Waals surface area contributed by atoms with Gasteiger partial charge in [0.25, 0.3) is 0 Å². The molecule has 3 fully saturated rings. The van der Waals surface area contributed by atoms with Crippen LogP contribution in [0.25, 0.3) is 0 Å². The molecule has 0 aliphatic carbocycles. The van der Waals surface area contributed by atoms with Crippen LogP contribution >= 0.6 is 0 Å². The van der Waals surface area contributed by atoms with E-state index in [0.717, 1.165) is 13.8 Å². The third kappa shape index (κ3) is 8.10. The van der Waals surface area contributed by atoms with Crippen LogP contribution in [0.15, 0.2) is 0 Å². The van der Waals surface area contributed by atoms with Crippen molar-refractivity contribution in [3.63, 3.8) is 0 Å². The van der Waals surface area contributed by atoms with Crippen molar-refractivity contribution in [3.8, 4) is 0 Å². The molecule has 3 rings (SSSR count). The normalized spacial score (nSPS) is 42.4. The number of aliphatic hydroxyl groups is 7. The van der Waals surface area contributed by atoms with Crippen molar-refractivity contribution in [2.75, 3.05) is 19.8 Å². The largest absolute Gasteiger partial charge is 0.394 e. The first-order valence-corrected chi connectivity index (χ1v) is 13.4. The minimum Gasteiger partial charge on any atom is -0.394 e. The number of hydrogen-bond donors (Lipinski definition) is 10. The van der Waals surface area contributed by atoms with Crippen LogP contribution in [0.2, 0.25) is 0 Å². The fraction of sp³-hybridized carbons (Fsp3) is 0.875. The first-order chi connectivity index (χ1) is 19.8. The van der Waals surface area contributed by atoms with Gasteiger partial charge in [-0.05, 0) is 0 Å². The van der Waals surface area contributed by atoms with Crippen molar-refractivity contribution in [2.45, 2.75) is 113 Å². The quantitative estimate of drug-likeness (QED) is 0.110. The van der Waals surface area contributed by atoms with Crippen LogP contribution in [0.3, 0.4) is 0 Å². The summed E-state index contributed by atoms with van der Waals surface area (Å²) in [7, 11) is 0. The van der Waals surface area contributed by atoms with E-state index in [9.17, 15) is 50.1 Å². The Morgan fingerprint density at radius 2 is 1.12 bits per heavy atom. The Morgan fingerprint density at radius 1 is 0.667 bits per heavy atom. The van der Waals surface area contributed by atoms with Crippen LogP contribution in [-0.4, -0.2) is 159 Å². The standard InChI is InChI=1S/C24H41N3O15/c1-8(31)25-15-12(34)4-11(5-28)38-23(15)41-21-14(7-30)40-24(17(19(21)36)27-10(3)33)42-20-13(6-29)39-22(37)16(18(20)35)26-9(2)32/h11-24,28-30,34-37H,4-7H2,1-3H3,(H,25,31)(H,26,32)(H,27,33)/t11-,12-,13-,14-,15-,16-,17-,18-,19-,20?,21?,22?,23+,24+/m1/s1. The Labute approximate surface area is 240 Å². The fourth-order valence-electron chi connectivity index (χ4n) is 5.25. The minimum absolute atomic E-state index is 0.0368. The van der Waals surface area contributed by atoms with Gasteiger partial charge in [0.2, 0.25) is 17.7 Å². The molecule has 3 aliphatic heterocycles. The molecule has 3 amide bonds. The molecule has 3 unspecified atom stereocenters. The summed E-state index contributed by atoms with van der Waals surface area (Å²) in [5.74, 6) is -1.79. The maximum absolute atomic E-state index is 12.1. The summed E-state index contributed by atoms with van der Waals surface area (Å²) in [6, 6.07) is -3.95. The van der Waals surface area contributed by atoms with E-state index in [-0.39, 0.29) is 6.42 Å². The lowest BCUT2D eigenvalue weighted by molar-refractivity contribution is -0.347. The second-order valence-electron chi connectivity index (χ2n) is 10.4. The first kappa shape index (κ1) is 34.4. The monoisotopic (exact) mass is 611 g/mol. The van der Waals surface area contributed by atoms with Gasteiger partial charge in [0.05, 0.1) is 32.0 Å². The van der Waals surface area contributed by atoms with Gasteiger partial charge < -0.3 is 75.4 Å². The van der Waals surface area contributed by atoms with Crippen LogP contribution in [0.1, 0.15) is 27.2 Å². The van der Waals surface area contributed by atoms with Crippen LogP contribution in [0.4, 0.5) is 0 Å². The molecule has 0 saturated carbocycles. The van der Waals surface area contributed by atoms with Gasteiger partial charge in [-0.25, -0.2) is 0 Å². The van der Waals surface area contributed by atoms with Gasteiger partial charge in [-0.3, -0.25) is 14.4 Å². The average Bonchev–Trinajstić information content (AvgIpc) is 2.92. The van der Waals surface area contributed by atoms with Gasteiger partial charge in [0.1, 0.15) is 54.7 Å². The molecule has 3 saturated heterocycles. The third-order valence-electron chi connectivity index (χ3n) is 7.16. The predicted molar refractivity (Wildman–Crippen MR) is 135 cm³/mol. The zero-order valence-corrected chi connectivity index (χ0v) is 23.3. The molecule has 3 heterocycles. The molecule has 42 heavy (non-hydrogen) atoms. The van der Waals surface area contributed by atoms with E-state index in [2.05, 4.69) is 16.0 Å². The maximum atomic E-state index is 12.1. The van der Waals surface area contributed by atoms with Gasteiger partial charge in [0, 0.05) is 27.2 Å². The molecule has 0 spiro atoms. The zero-order valence-electron chi connectivity index (χ0n) is 23.3. The molecule has 3 aliphatic rings. The number of aliphatic hydroxyl groups excluding tert-OH is 7. The van der Waals surface area contributed by atoms with Crippen LogP contribution < -0.4 is 16.0 Å². The number of ether oxygens (including phenoxy) is 5. The van der Waals surface area contributed by atoms with E-state index in [4.69, 9.17) is 23.7 Å². The number of hydrogen-bond acceptors (Lipinski definition) is 15. The van der Waals surface area contributed by atoms with Crippen molar-refractivity contribution in [1.29, 1.82) is 0 Å². The zero-order chi connectivity index (χ0) is 31.3. The van der Waals surface area contributed by atoms with Gasteiger partial charge in [-0.2, -0.15) is 0 Å². The molecule has 18 nitrogen and oxygen atoms in total. The summed E-state index contributed by atoms with van der Waals surface area (Å²) in [4.78, 5) is 35.5. The molecule has 0 radical (unpaired) electrons. The van der Waals surface area contributed by atoms with Crippen LogP contribution in [0.5, 0.6) is 0 Å². The van der Waals surface area contributed by atoms with Crippen molar-refractivity contribution in [1.82, 2.24) is 16.0 Å². The number of rotatable bonds is 10. The fourth-order valence-corrected chi connectivity index (χ4v) is 5.25. The first-order valence-electron chi connectivity index (χ1n) is 13.4. The number of carbonyl (C=O) groups excluding carboxylic acids is 3. The Morgan fingerprint density at radius 3 is 1.62 bits per heavy atom. The number of amides is 3. The lowest BCUT2D eigenvalue weighted by Crippen LogP contribution is -2.70. The van der Waals surface area contributed by atoms with E-state index in [1.807, 2.05) is 0 Å². The maximum Gasteiger partial charge on any atom is 0.217 e. The second kappa shape index (κ2) is 15.1. The third-order valence-corrected chi connectivity index (χ3v) is 7.16. The highest BCUT2D eigenvalue weighted by atomic mass is 16.7. The molecule has 242 valence electrons. The van der Waals surface area contributed by atoms with E-state index in [1.165, 1.54) is 6.92 Å². The molecule has 0 aromatic rings. The topological polar surface area (TPSA) is 275 Å². The lowest BCUT2D eigenvalue weighted by atomic mass is 9.94. The molecule has 0 aromatic heterocycles. The van der Waals surface area contributed by atoms with Crippen molar-refractivity contribution in [2.24, 2.45) is 0 Å². The molecule has 0 bridgehead atoms. The van der Waals surface area contributed by atoms with Crippen LogP contribution in [-0.2, 0) is 38.1 Å². The summed E-state index contributed by atoms with van der Waals surface area (Å²) in [5, 5.41) is 79.9. The number of carbonyl (C=O) groups is 3. The van der Waals surface area contributed by atoms with E-state index in [0.29, 0.717) is 0 Å². The van der Waals surface area contributed by atoms with Crippen LogP contribution in [0, 0.1) is 0 Å². The van der Waals surface area contributed by atoms with E-state index >= 15 is 0 Å². The highest BCUT2D eigenvalue weighted by molar-refractivity contribution is 5.74. The smallest absolute Gasteiger partial charge is 0.217 e. The molecule has 10 N–H and O–H groups in total. The van der Waals surface area contributed by atoms with E-state index < -0.39 is 123 Å². The van der Waals surface area contributed by atoms with E-state index in [1.54, 1.807) is 0 Å². The lowest BCUT2D eigenvalue weighted by Gasteiger charge is -2.49. The summed E-state index contributed by atoms with van der Waals surface area (Å²) >= 11 is 0. The van der Waals surface area contributed by atoms with Gasteiger partial charge in [0.15, 0.2) is 18.9 Å². The summed E-state index contributed by atoms with van der Waals surface area (Å²) in [5.41, 5.74) is 0. The predicted octanol–water partition coefficient (Wildman–Crippen LogP) is -6.11. The van der Waals surface area contributed by atoms with Gasteiger partial charge in [-0.15, -0.1) is 0 Å². The van der Waals surface area contributed by atoms with Gasteiger partial charge in [-0.1, -0.05) is 0 Å². The Bertz CT molecular complexity index is 930. The molecular formula is C24H41N3O15. The average molecular weight is 612 g/mol. The molecular weight excluding hydrogens is 570 g/mol. The molecule has 0 aromatic carbocycles. The summed E-state index contributed by atoms with van der Waals surface area (Å²) in [6.45, 7) is 1.45. The summed E-state index contributed by atoms with van der Waals surface area (Å²) < 4.78 is 28.6. The summed E-state index contributed by atoms with van der Waals surface area (Å²) in [6.07, 6.45) is -15.9. The molecule has 14 atom stereocenters. The Kier molecular flexibility index (Phi) is 12.4. The Hall–Kier alpha value is -2.07. The van der Waals surface area contributed by atoms with Gasteiger partial charge >= 0.3 is 0 Å². The highest BCUT2D eigenvalue weighted by Crippen LogP contribution is 2.32. The van der Waals surface area contributed by atoms with Crippen molar-refractivity contribution in [3.05, 3.63) is 0 Å². The highest BCUT2D eigenvalue weighted by Gasteiger charge is 2.53. The number of nitrogens with one attached hydrogen (secondary N) is 3.